The molecule has 0 aromatic rings. The highest BCUT2D eigenvalue weighted by Gasteiger charge is 2.20. The number of thioether (sulfide) groups is 1. The highest BCUT2D eigenvalue weighted by molar-refractivity contribution is 7.99. The van der Waals surface area contributed by atoms with E-state index >= 15 is 0 Å². The molecule has 0 aromatic carbocycles. The summed E-state index contributed by atoms with van der Waals surface area (Å²) in [6.07, 6.45) is 10.7. The highest BCUT2D eigenvalue weighted by atomic mass is 32.2. The van der Waals surface area contributed by atoms with Crippen LogP contribution in [0.2, 0.25) is 0 Å². The predicted molar refractivity (Wildman–Crippen MR) is 130 cm³/mol. The van der Waals surface area contributed by atoms with E-state index in [0.29, 0.717) is 5.75 Å². The number of nitrogens with one attached hydrogen (secondary N) is 1. The zero-order chi connectivity index (χ0) is 22.9. The summed E-state index contributed by atoms with van der Waals surface area (Å²) in [6, 6.07) is -0.972. The largest absolute Gasteiger partial charge is 0.480 e. The Morgan fingerprint density at radius 2 is 1.52 bits per heavy atom. The van der Waals surface area contributed by atoms with Gasteiger partial charge in [-0.2, -0.15) is 11.8 Å². The second-order valence-electron chi connectivity index (χ2n) is 7.53. The maximum Gasteiger partial charge on any atom is 0.327 e. The molecule has 0 rings (SSSR count). The third-order valence-corrected chi connectivity index (χ3v) is 5.35. The van der Waals surface area contributed by atoms with Crippen LogP contribution in [0.5, 0.6) is 0 Å². The lowest BCUT2D eigenvalue weighted by molar-refractivity contribution is -0.142. The summed E-state index contributed by atoms with van der Waals surface area (Å²) in [5.41, 5.74) is 4.02. The molecule has 0 aliphatic rings. The standard InChI is InChI=1S/C23H37NO5S.CH4/c1-17(2)8-6-9-18(3)10-7-11-19(4)14-15-30-16-20(23(27)28)24-21(25)12-13-22(26)29-5;/h8,10,14,20H,6-7,9,11-13,15-16H2,1-5H3,(H,24,25)(H,27,28);1H4/b18-10+,19-14+;/t20-;/m0./s1. The normalized spacial score (nSPS) is 12.4. The fourth-order valence-electron chi connectivity index (χ4n) is 2.48. The van der Waals surface area contributed by atoms with E-state index in [9.17, 15) is 19.5 Å². The number of allylic oxidation sites excluding steroid dienone is 5. The monoisotopic (exact) mass is 455 g/mol. The van der Waals surface area contributed by atoms with Crippen LogP contribution in [0.1, 0.15) is 73.6 Å². The van der Waals surface area contributed by atoms with Crippen LogP contribution >= 0.6 is 11.8 Å². The van der Waals surface area contributed by atoms with Gasteiger partial charge in [0.15, 0.2) is 0 Å². The maximum absolute atomic E-state index is 11.8. The molecule has 1 atom stereocenters. The van der Waals surface area contributed by atoms with Crippen molar-refractivity contribution in [3.8, 4) is 0 Å². The number of methoxy groups -OCH3 is 1. The van der Waals surface area contributed by atoms with Gasteiger partial charge in [0.1, 0.15) is 6.04 Å². The molecule has 2 N–H and O–H groups in total. The first-order valence-corrected chi connectivity index (χ1v) is 11.4. The number of esters is 1. The Labute approximate surface area is 192 Å². The van der Waals surface area contributed by atoms with E-state index < -0.39 is 23.9 Å². The number of hydrogen-bond acceptors (Lipinski definition) is 5. The Kier molecular flexibility index (Phi) is 18.8. The Bertz CT molecular complexity index is 648. The van der Waals surface area contributed by atoms with E-state index in [-0.39, 0.29) is 26.0 Å². The van der Waals surface area contributed by atoms with Gasteiger partial charge in [-0.1, -0.05) is 42.4 Å². The van der Waals surface area contributed by atoms with Crippen LogP contribution < -0.4 is 5.32 Å². The lowest BCUT2D eigenvalue weighted by Gasteiger charge is -2.13. The molecule has 0 fully saturated rings. The third kappa shape index (κ3) is 18.5. The zero-order valence-corrected chi connectivity index (χ0v) is 19.8. The van der Waals surface area contributed by atoms with Gasteiger partial charge in [0.05, 0.1) is 13.5 Å². The van der Waals surface area contributed by atoms with Crippen molar-refractivity contribution in [2.45, 2.75) is 79.7 Å². The van der Waals surface area contributed by atoms with Crippen LogP contribution in [0, 0.1) is 0 Å². The van der Waals surface area contributed by atoms with Crippen molar-refractivity contribution < 1.29 is 24.2 Å². The number of rotatable bonds is 15. The molecule has 0 bridgehead atoms. The van der Waals surface area contributed by atoms with E-state index in [1.54, 1.807) is 0 Å². The van der Waals surface area contributed by atoms with Gasteiger partial charge in [0.2, 0.25) is 5.91 Å². The van der Waals surface area contributed by atoms with Gasteiger partial charge in [0, 0.05) is 17.9 Å². The Balaban J connectivity index is 0. The second kappa shape index (κ2) is 18.7. The molecule has 1 amide bonds. The number of carboxylic acids is 1. The van der Waals surface area contributed by atoms with Gasteiger partial charge < -0.3 is 15.2 Å². The Morgan fingerprint density at radius 3 is 2.06 bits per heavy atom. The second-order valence-corrected chi connectivity index (χ2v) is 8.61. The first-order chi connectivity index (χ1) is 14.1. The van der Waals surface area contributed by atoms with E-state index in [0.717, 1.165) is 25.7 Å². The van der Waals surface area contributed by atoms with Crippen molar-refractivity contribution in [2.24, 2.45) is 0 Å². The number of amides is 1. The quantitative estimate of drug-likeness (QED) is 0.198. The third-order valence-electron chi connectivity index (χ3n) is 4.37. The first-order valence-electron chi connectivity index (χ1n) is 10.3. The van der Waals surface area contributed by atoms with Gasteiger partial charge in [0.25, 0.3) is 0 Å². The number of aliphatic carboxylic acids is 1. The van der Waals surface area contributed by atoms with Crippen molar-refractivity contribution in [1.82, 2.24) is 5.32 Å². The van der Waals surface area contributed by atoms with Gasteiger partial charge in [-0.05, 0) is 53.4 Å². The van der Waals surface area contributed by atoms with Gasteiger partial charge in [-0.25, -0.2) is 4.79 Å². The Hall–Kier alpha value is -2.02. The van der Waals surface area contributed by atoms with Crippen molar-refractivity contribution in [3.63, 3.8) is 0 Å². The number of ether oxygens (including phenoxy) is 1. The van der Waals surface area contributed by atoms with Crippen LogP contribution in [-0.4, -0.2) is 47.6 Å². The van der Waals surface area contributed by atoms with E-state index in [4.69, 9.17) is 0 Å². The summed E-state index contributed by atoms with van der Waals surface area (Å²) in [5, 5.41) is 11.7. The molecule has 0 heterocycles. The first kappa shape index (κ1) is 31.2. The van der Waals surface area contributed by atoms with Crippen LogP contribution in [0.3, 0.4) is 0 Å². The highest BCUT2D eigenvalue weighted by Crippen LogP contribution is 2.13. The van der Waals surface area contributed by atoms with Crippen molar-refractivity contribution in [1.29, 1.82) is 0 Å². The topological polar surface area (TPSA) is 92.7 Å². The van der Waals surface area contributed by atoms with Crippen molar-refractivity contribution >= 4 is 29.6 Å². The fraction of sp³-hybridized carbons (Fsp3) is 0.625. The molecule has 0 aliphatic heterocycles. The summed E-state index contributed by atoms with van der Waals surface area (Å²) in [5.74, 6) is -1.08. The van der Waals surface area contributed by atoms with E-state index in [1.165, 1.54) is 35.6 Å². The minimum atomic E-state index is -1.08. The van der Waals surface area contributed by atoms with Crippen molar-refractivity contribution in [3.05, 3.63) is 34.9 Å². The van der Waals surface area contributed by atoms with Crippen LogP contribution in [0.25, 0.3) is 0 Å². The summed E-state index contributed by atoms with van der Waals surface area (Å²) >= 11 is 1.46. The molecule has 178 valence electrons. The van der Waals surface area contributed by atoms with Crippen molar-refractivity contribution in [2.75, 3.05) is 18.6 Å². The average Bonchev–Trinajstić information content (AvgIpc) is 2.67. The fourth-order valence-corrected chi connectivity index (χ4v) is 3.48. The van der Waals surface area contributed by atoms with Crippen LogP contribution in [-0.2, 0) is 19.1 Å². The molecule has 7 heteroatoms. The average molecular weight is 456 g/mol. The summed E-state index contributed by atoms with van der Waals surface area (Å²) < 4.78 is 4.47. The van der Waals surface area contributed by atoms with E-state index in [1.807, 2.05) is 0 Å². The predicted octanol–water partition coefficient (Wildman–Crippen LogP) is 5.30. The minimum Gasteiger partial charge on any atom is -0.480 e. The van der Waals surface area contributed by atoms with E-state index in [2.05, 4.69) is 56.0 Å². The molecule has 0 unspecified atom stereocenters. The molecule has 6 nitrogen and oxygen atoms in total. The Morgan fingerprint density at radius 1 is 0.935 bits per heavy atom. The number of hydrogen-bond donors (Lipinski definition) is 2. The minimum absolute atomic E-state index is 0. The lowest BCUT2D eigenvalue weighted by Crippen LogP contribution is -2.42. The molecule has 0 aromatic heterocycles. The SMILES string of the molecule is C.COC(=O)CCC(=O)N[C@@H](CSC/C=C(\C)CC/C=C(\C)CCC=C(C)C)C(=O)O. The maximum atomic E-state index is 11.8. The molecule has 0 spiro atoms. The number of carbonyl (C=O) groups excluding carboxylic acids is 2. The molecule has 0 saturated carbocycles. The summed E-state index contributed by atoms with van der Waals surface area (Å²) in [6.45, 7) is 8.47. The zero-order valence-electron chi connectivity index (χ0n) is 19.0. The molecule has 0 aliphatic carbocycles. The number of carboxylic acid groups (broad SMARTS) is 1. The molecular formula is C24H41NO5S. The molecule has 0 radical (unpaired) electrons. The summed E-state index contributed by atoms with van der Waals surface area (Å²) in [7, 11) is 1.25. The molecule has 31 heavy (non-hydrogen) atoms. The number of carbonyl (C=O) groups is 3. The van der Waals surface area contributed by atoms with Gasteiger partial charge in [-0.15, -0.1) is 0 Å². The van der Waals surface area contributed by atoms with Gasteiger partial charge in [-0.3, -0.25) is 9.59 Å². The lowest BCUT2D eigenvalue weighted by atomic mass is 10.1. The van der Waals surface area contributed by atoms with Crippen LogP contribution in [0.15, 0.2) is 34.9 Å². The summed E-state index contributed by atoms with van der Waals surface area (Å²) in [4.78, 5) is 34.2. The smallest absolute Gasteiger partial charge is 0.327 e. The van der Waals surface area contributed by atoms with Gasteiger partial charge >= 0.3 is 11.9 Å². The molecule has 0 saturated heterocycles. The molecular weight excluding hydrogens is 414 g/mol. The van der Waals surface area contributed by atoms with Crippen LogP contribution in [0.4, 0.5) is 0 Å².